The van der Waals surface area contributed by atoms with Crippen molar-refractivity contribution < 1.29 is 14.3 Å². The lowest BCUT2D eigenvalue weighted by atomic mass is 9.99. The van der Waals surface area contributed by atoms with E-state index in [4.69, 9.17) is 9.47 Å². The number of rotatable bonds is 5. The molecule has 1 saturated heterocycles. The number of allylic oxidation sites excluding steroid dienone is 1. The van der Waals surface area contributed by atoms with Gasteiger partial charge in [-0.3, -0.25) is 4.79 Å². The molecule has 2 aromatic rings. The molecule has 0 radical (unpaired) electrons. The Morgan fingerprint density at radius 2 is 2.28 bits per heavy atom. The zero-order valence-electron chi connectivity index (χ0n) is 13.1. The van der Waals surface area contributed by atoms with Gasteiger partial charge in [0.2, 0.25) is 6.79 Å². The fraction of sp³-hybridized carbons (Fsp3) is 0.250. The molecule has 9 heteroatoms. The molecule has 4 rings (SSSR count). The predicted octanol–water partition coefficient (Wildman–Crippen LogP) is 2.20. The number of fused-ring (bicyclic) bond motifs is 1. The quantitative estimate of drug-likeness (QED) is 0.846. The number of thiazole rings is 1. The number of ether oxygens (including phenoxy) is 2. The van der Waals surface area contributed by atoms with Gasteiger partial charge in [0.15, 0.2) is 16.6 Å². The molecular formula is C16H15N5O3S. The van der Waals surface area contributed by atoms with Crippen LogP contribution in [0.4, 0.5) is 10.9 Å². The van der Waals surface area contributed by atoms with Crippen molar-refractivity contribution in [1.29, 1.82) is 0 Å². The SMILES string of the molecule is O=C(NCC1C=C2OCOC2=CC1)c1csc(Nc2ccncn2)n1. The highest BCUT2D eigenvalue weighted by molar-refractivity contribution is 7.14. The van der Waals surface area contributed by atoms with Crippen LogP contribution in [0.25, 0.3) is 0 Å². The lowest BCUT2D eigenvalue weighted by Crippen LogP contribution is -2.29. The molecule has 2 aromatic heterocycles. The van der Waals surface area contributed by atoms with Crippen LogP contribution in [0.5, 0.6) is 0 Å². The van der Waals surface area contributed by atoms with Gasteiger partial charge in [0.25, 0.3) is 5.91 Å². The monoisotopic (exact) mass is 357 g/mol. The maximum Gasteiger partial charge on any atom is 0.270 e. The highest BCUT2D eigenvalue weighted by Gasteiger charge is 2.23. The second-order valence-corrected chi connectivity index (χ2v) is 6.33. The minimum Gasteiger partial charge on any atom is -0.454 e. The molecule has 1 amide bonds. The van der Waals surface area contributed by atoms with Crippen LogP contribution in [0.1, 0.15) is 16.9 Å². The highest BCUT2D eigenvalue weighted by Crippen LogP contribution is 2.28. The van der Waals surface area contributed by atoms with Crippen LogP contribution >= 0.6 is 11.3 Å². The lowest BCUT2D eigenvalue weighted by Gasteiger charge is -2.15. The van der Waals surface area contributed by atoms with Crippen molar-refractivity contribution in [2.24, 2.45) is 5.92 Å². The maximum absolute atomic E-state index is 12.3. The van der Waals surface area contributed by atoms with E-state index in [-0.39, 0.29) is 18.6 Å². The van der Waals surface area contributed by atoms with E-state index >= 15 is 0 Å². The Hall–Kier alpha value is -2.94. The molecule has 128 valence electrons. The molecule has 3 heterocycles. The summed E-state index contributed by atoms with van der Waals surface area (Å²) in [6, 6.07) is 1.73. The van der Waals surface area contributed by atoms with Crippen LogP contribution < -0.4 is 10.6 Å². The number of carbonyl (C=O) groups is 1. The summed E-state index contributed by atoms with van der Waals surface area (Å²) in [7, 11) is 0. The zero-order chi connectivity index (χ0) is 17.1. The van der Waals surface area contributed by atoms with Crippen molar-refractivity contribution in [3.8, 4) is 0 Å². The Labute approximate surface area is 147 Å². The maximum atomic E-state index is 12.3. The molecule has 0 spiro atoms. The molecule has 2 N–H and O–H groups in total. The van der Waals surface area contributed by atoms with E-state index in [0.717, 1.165) is 17.9 Å². The van der Waals surface area contributed by atoms with Gasteiger partial charge < -0.3 is 20.1 Å². The van der Waals surface area contributed by atoms with Gasteiger partial charge in [0.1, 0.15) is 17.8 Å². The Bertz CT molecular complexity index is 833. The van der Waals surface area contributed by atoms with E-state index in [1.807, 2.05) is 12.2 Å². The topological polar surface area (TPSA) is 98.3 Å². The van der Waals surface area contributed by atoms with Gasteiger partial charge in [-0.25, -0.2) is 15.0 Å². The van der Waals surface area contributed by atoms with E-state index in [2.05, 4.69) is 25.6 Å². The third-order valence-electron chi connectivity index (χ3n) is 3.74. The Morgan fingerprint density at radius 3 is 3.16 bits per heavy atom. The Kier molecular flexibility index (Phi) is 4.30. The van der Waals surface area contributed by atoms with E-state index in [1.54, 1.807) is 17.6 Å². The summed E-state index contributed by atoms with van der Waals surface area (Å²) in [6.07, 6.45) is 7.87. The number of amides is 1. The van der Waals surface area contributed by atoms with Crippen molar-refractivity contribution in [2.75, 3.05) is 18.7 Å². The Balaban J connectivity index is 1.32. The molecular weight excluding hydrogens is 342 g/mol. The normalized spacial score (nSPS) is 18.3. The molecule has 0 bridgehead atoms. The summed E-state index contributed by atoms with van der Waals surface area (Å²) in [4.78, 5) is 24.5. The van der Waals surface area contributed by atoms with Crippen LogP contribution in [0.15, 0.2) is 47.6 Å². The standard InChI is InChI=1S/C16H15N5O3S/c22-15(18-6-10-1-2-12-13(5-10)24-9-23-12)11-7-25-16(20-11)21-14-3-4-17-8-19-14/h2-5,7-8,10H,1,6,9H2,(H,18,22)(H,17,19,20,21). The van der Waals surface area contributed by atoms with Gasteiger partial charge in [-0.15, -0.1) is 11.3 Å². The minimum absolute atomic E-state index is 0.182. The van der Waals surface area contributed by atoms with E-state index in [0.29, 0.717) is 23.2 Å². The molecule has 0 saturated carbocycles. The smallest absolute Gasteiger partial charge is 0.270 e. The zero-order valence-corrected chi connectivity index (χ0v) is 14.0. The second-order valence-electron chi connectivity index (χ2n) is 5.47. The van der Waals surface area contributed by atoms with Crippen molar-refractivity contribution in [3.63, 3.8) is 0 Å². The third kappa shape index (κ3) is 3.61. The van der Waals surface area contributed by atoms with Gasteiger partial charge in [-0.05, 0) is 24.6 Å². The first-order valence-electron chi connectivity index (χ1n) is 7.72. The molecule has 8 nitrogen and oxygen atoms in total. The third-order valence-corrected chi connectivity index (χ3v) is 4.50. The summed E-state index contributed by atoms with van der Waals surface area (Å²) in [5.74, 6) is 2.16. The molecule has 1 fully saturated rings. The Morgan fingerprint density at radius 1 is 1.36 bits per heavy atom. The average Bonchev–Trinajstić information content (AvgIpc) is 3.29. The fourth-order valence-corrected chi connectivity index (χ4v) is 3.19. The number of carbonyl (C=O) groups excluding carboxylic acids is 1. The number of nitrogens with zero attached hydrogens (tertiary/aromatic N) is 3. The summed E-state index contributed by atoms with van der Waals surface area (Å²) < 4.78 is 10.7. The first kappa shape index (κ1) is 15.6. The minimum atomic E-state index is -0.205. The first-order valence-corrected chi connectivity index (χ1v) is 8.60. The van der Waals surface area contributed by atoms with Crippen molar-refractivity contribution >= 4 is 28.2 Å². The highest BCUT2D eigenvalue weighted by atomic mass is 32.1. The summed E-state index contributed by atoms with van der Waals surface area (Å²) in [5.41, 5.74) is 0.377. The van der Waals surface area contributed by atoms with E-state index in [1.165, 1.54) is 17.7 Å². The molecule has 1 aliphatic heterocycles. The average molecular weight is 357 g/mol. The predicted molar refractivity (Wildman–Crippen MR) is 91.1 cm³/mol. The number of hydrogen-bond donors (Lipinski definition) is 2. The van der Waals surface area contributed by atoms with Gasteiger partial charge in [-0.2, -0.15) is 0 Å². The van der Waals surface area contributed by atoms with Crippen molar-refractivity contribution in [2.45, 2.75) is 6.42 Å². The molecule has 1 unspecified atom stereocenters. The summed E-state index contributed by atoms with van der Waals surface area (Å²) >= 11 is 1.35. The van der Waals surface area contributed by atoms with Gasteiger partial charge >= 0.3 is 0 Å². The van der Waals surface area contributed by atoms with E-state index < -0.39 is 0 Å². The van der Waals surface area contributed by atoms with Crippen molar-refractivity contribution in [3.05, 3.63) is 53.3 Å². The van der Waals surface area contributed by atoms with Crippen LogP contribution in [0.3, 0.4) is 0 Å². The number of aromatic nitrogens is 3. The molecule has 0 aromatic carbocycles. The van der Waals surface area contributed by atoms with Gasteiger partial charge in [-0.1, -0.05) is 0 Å². The largest absolute Gasteiger partial charge is 0.454 e. The number of hydrogen-bond acceptors (Lipinski definition) is 8. The van der Waals surface area contributed by atoms with Gasteiger partial charge in [0.05, 0.1) is 0 Å². The van der Waals surface area contributed by atoms with Crippen LogP contribution in [-0.2, 0) is 9.47 Å². The van der Waals surface area contributed by atoms with Gasteiger partial charge in [0, 0.05) is 24.0 Å². The van der Waals surface area contributed by atoms with Crippen LogP contribution in [0.2, 0.25) is 0 Å². The molecule has 1 atom stereocenters. The number of nitrogens with one attached hydrogen (secondary N) is 2. The summed E-state index contributed by atoms with van der Waals surface area (Å²) in [6.45, 7) is 0.777. The van der Waals surface area contributed by atoms with Crippen LogP contribution in [0, 0.1) is 5.92 Å². The first-order chi connectivity index (χ1) is 12.3. The lowest BCUT2D eigenvalue weighted by molar-refractivity contribution is 0.0942. The molecule has 1 aliphatic carbocycles. The molecule has 2 aliphatic rings. The van der Waals surface area contributed by atoms with Crippen molar-refractivity contribution in [1.82, 2.24) is 20.3 Å². The fourth-order valence-electron chi connectivity index (χ4n) is 2.50. The van der Waals surface area contributed by atoms with Crippen LogP contribution in [-0.4, -0.2) is 34.2 Å². The number of anilines is 2. The molecule has 25 heavy (non-hydrogen) atoms. The summed E-state index contributed by atoms with van der Waals surface area (Å²) in [5, 5.41) is 8.26. The van der Waals surface area contributed by atoms with E-state index in [9.17, 15) is 4.79 Å². The second kappa shape index (κ2) is 6.89.